The van der Waals surface area contributed by atoms with Gasteiger partial charge in [-0.25, -0.2) is 9.78 Å². The van der Waals surface area contributed by atoms with E-state index < -0.39 is 12.6 Å². The monoisotopic (exact) mass is 606 g/mol. The summed E-state index contributed by atoms with van der Waals surface area (Å²) in [5.41, 5.74) is 5.78. The third-order valence-corrected chi connectivity index (χ3v) is 10.3. The van der Waals surface area contributed by atoms with Gasteiger partial charge >= 0.3 is 5.97 Å². The fraction of sp³-hybridized carbons (Fsp3) is 0.306. The van der Waals surface area contributed by atoms with E-state index in [1.807, 2.05) is 26.8 Å². The van der Waals surface area contributed by atoms with Crippen molar-refractivity contribution < 1.29 is 23.9 Å². The van der Waals surface area contributed by atoms with E-state index >= 15 is 0 Å². The maximum Gasteiger partial charge on any atom is 0.339 e. The number of aromatic nitrogens is 1. The predicted octanol–water partition coefficient (Wildman–Crippen LogP) is 7.06. The van der Waals surface area contributed by atoms with Crippen molar-refractivity contribution in [2.75, 3.05) is 11.5 Å². The van der Waals surface area contributed by atoms with Crippen LogP contribution in [-0.4, -0.2) is 35.2 Å². The Kier molecular flexibility index (Phi) is 6.89. The van der Waals surface area contributed by atoms with E-state index in [1.165, 1.54) is 4.90 Å². The smallest absolute Gasteiger partial charge is 0.339 e. The molecule has 7 nitrogen and oxygen atoms in total. The maximum atomic E-state index is 13.4. The molecule has 2 heterocycles. The second-order valence-corrected chi connectivity index (χ2v) is 12.8. The van der Waals surface area contributed by atoms with Crippen molar-refractivity contribution in [1.29, 1.82) is 0 Å². The molecule has 7 rings (SSSR count). The van der Waals surface area contributed by atoms with E-state index in [9.17, 15) is 19.2 Å². The number of ketones is 1. The van der Waals surface area contributed by atoms with E-state index in [2.05, 4.69) is 0 Å². The second-order valence-electron chi connectivity index (χ2n) is 12.4. The zero-order chi connectivity index (χ0) is 30.9. The summed E-state index contributed by atoms with van der Waals surface area (Å²) < 4.78 is 5.52. The van der Waals surface area contributed by atoms with Gasteiger partial charge < -0.3 is 4.74 Å². The molecule has 2 bridgehead atoms. The first-order valence-electron chi connectivity index (χ1n) is 15.0. The Morgan fingerprint density at radius 2 is 1.57 bits per heavy atom. The molecule has 4 atom stereocenters. The number of ether oxygens (including phenoxy) is 1. The number of fused-ring (bicyclic) bond motifs is 6. The van der Waals surface area contributed by atoms with Crippen LogP contribution in [0.5, 0.6) is 0 Å². The molecule has 1 aliphatic heterocycles. The van der Waals surface area contributed by atoms with Gasteiger partial charge in [-0.15, -0.1) is 0 Å². The Morgan fingerprint density at radius 1 is 0.886 bits per heavy atom. The van der Waals surface area contributed by atoms with Crippen molar-refractivity contribution in [3.63, 3.8) is 0 Å². The maximum absolute atomic E-state index is 13.4. The average Bonchev–Trinajstić information content (AvgIpc) is 3.72. The molecule has 44 heavy (non-hydrogen) atoms. The normalized spacial score (nSPS) is 22.1. The molecular formula is C36H31ClN2O5. The third-order valence-electron chi connectivity index (χ3n) is 9.90. The number of Topliss-reactive ketones (excluding diaryl/α,β-unsaturated/α-hetero) is 1. The Balaban J connectivity index is 1.18. The molecule has 1 aromatic heterocycles. The van der Waals surface area contributed by atoms with Crippen molar-refractivity contribution in [3.8, 4) is 11.3 Å². The standard InChI is InChI=1S/C36H31ClN2O5/c1-18-4-5-22(14-19(18)2)30(40)17-44-36(43)27-16-29(38-33-20(3)28(37)13-12-26(27)33)21-8-10-25(11-9-21)39-34(41)31-23-6-7-24(15-23)32(31)35(39)42/h4-5,8-14,16,23-24,31-32H,6-7,15,17H2,1-3H3. The van der Waals surface area contributed by atoms with E-state index in [4.69, 9.17) is 21.3 Å². The zero-order valence-electron chi connectivity index (χ0n) is 24.7. The van der Waals surface area contributed by atoms with Crippen LogP contribution in [0, 0.1) is 44.4 Å². The molecule has 0 radical (unpaired) electrons. The second kappa shape index (κ2) is 10.7. The average molecular weight is 607 g/mol. The third kappa shape index (κ3) is 4.53. The van der Waals surface area contributed by atoms with Gasteiger partial charge in [-0.2, -0.15) is 0 Å². The molecule has 0 N–H and O–H groups in total. The van der Waals surface area contributed by atoms with Crippen LogP contribution >= 0.6 is 11.6 Å². The van der Waals surface area contributed by atoms with Crippen molar-refractivity contribution in [1.82, 2.24) is 4.98 Å². The van der Waals surface area contributed by atoms with Crippen LogP contribution in [0.1, 0.15) is 56.7 Å². The van der Waals surface area contributed by atoms with Crippen molar-refractivity contribution in [2.24, 2.45) is 23.7 Å². The van der Waals surface area contributed by atoms with Crippen LogP contribution in [0.15, 0.2) is 60.7 Å². The molecule has 3 fully saturated rings. The van der Waals surface area contributed by atoms with E-state index in [0.717, 1.165) is 30.4 Å². The molecule has 4 aromatic rings. The minimum atomic E-state index is -0.649. The lowest BCUT2D eigenvalue weighted by molar-refractivity contribution is -0.123. The summed E-state index contributed by atoms with van der Waals surface area (Å²) in [6.45, 7) is 5.33. The fourth-order valence-electron chi connectivity index (χ4n) is 7.37. The molecule has 3 aliphatic rings. The zero-order valence-corrected chi connectivity index (χ0v) is 25.5. The number of hydrogen-bond donors (Lipinski definition) is 0. The topological polar surface area (TPSA) is 93.6 Å². The number of carbonyl (C=O) groups is 4. The van der Waals surface area contributed by atoms with Crippen molar-refractivity contribution in [3.05, 3.63) is 93.5 Å². The number of pyridine rings is 1. The van der Waals surface area contributed by atoms with Crippen LogP contribution in [0.25, 0.3) is 22.2 Å². The van der Waals surface area contributed by atoms with E-state index in [-0.39, 0.29) is 35.0 Å². The molecule has 222 valence electrons. The Labute approximate surface area is 260 Å². The van der Waals surface area contributed by atoms with Crippen LogP contribution in [-0.2, 0) is 14.3 Å². The number of anilines is 1. The van der Waals surface area contributed by atoms with Gasteiger partial charge in [0.05, 0.1) is 34.3 Å². The van der Waals surface area contributed by atoms with Crippen LogP contribution in [0.3, 0.4) is 0 Å². The van der Waals surface area contributed by atoms with Crippen molar-refractivity contribution >= 4 is 51.8 Å². The first-order valence-corrected chi connectivity index (χ1v) is 15.4. The largest absolute Gasteiger partial charge is 0.454 e. The lowest BCUT2D eigenvalue weighted by Crippen LogP contribution is -2.32. The summed E-state index contributed by atoms with van der Waals surface area (Å²) in [6, 6.07) is 17.6. The number of imide groups is 1. The van der Waals surface area contributed by atoms with Gasteiger partial charge in [-0.3, -0.25) is 19.3 Å². The highest BCUT2D eigenvalue weighted by molar-refractivity contribution is 6.32. The minimum Gasteiger partial charge on any atom is -0.454 e. The highest BCUT2D eigenvalue weighted by Gasteiger charge is 2.61. The van der Waals surface area contributed by atoms with E-state index in [0.29, 0.717) is 55.8 Å². The van der Waals surface area contributed by atoms with Gasteiger partial charge in [0, 0.05) is 21.5 Å². The number of amides is 2. The quantitative estimate of drug-likeness (QED) is 0.133. The fourth-order valence-corrected chi connectivity index (χ4v) is 7.52. The van der Waals surface area contributed by atoms with Gasteiger partial charge in [0.1, 0.15) is 0 Å². The Bertz CT molecular complexity index is 1870. The molecule has 2 amide bonds. The molecule has 4 unspecified atom stereocenters. The Morgan fingerprint density at radius 3 is 2.23 bits per heavy atom. The first kappa shape index (κ1) is 28.4. The van der Waals surface area contributed by atoms with Gasteiger partial charge in [-0.05, 0) is 98.9 Å². The number of aryl methyl sites for hydroxylation is 3. The molecule has 8 heteroatoms. The summed E-state index contributed by atoms with van der Waals surface area (Å²) >= 11 is 6.43. The van der Waals surface area contributed by atoms with Gasteiger partial charge in [-0.1, -0.05) is 41.9 Å². The number of benzene rings is 3. The number of rotatable bonds is 6. The summed E-state index contributed by atoms with van der Waals surface area (Å²) in [5, 5.41) is 1.07. The van der Waals surface area contributed by atoms with E-state index in [1.54, 1.807) is 54.6 Å². The number of carbonyl (C=O) groups excluding carboxylic acids is 4. The number of hydrogen-bond acceptors (Lipinski definition) is 6. The first-order chi connectivity index (χ1) is 21.1. The molecule has 0 spiro atoms. The summed E-state index contributed by atoms with van der Waals surface area (Å²) in [6.07, 6.45) is 3.04. The Hall–Kier alpha value is -4.36. The van der Waals surface area contributed by atoms with Gasteiger partial charge in [0.2, 0.25) is 11.8 Å². The number of halogens is 1. The highest BCUT2D eigenvalue weighted by atomic mass is 35.5. The van der Waals surface area contributed by atoms with Crippen molar-refractivity contribution in [2.45, 2.75) is 40.0 Å². The molecule has 1 saturated heterocycles. The van der Waals surface area contributed by atoms with Crippen LogP contribution < -0.4 is 4.90 Å². The van der Waals surface area contributed by atoms with Gasteiger partial charge in [0.15, 0.2) is 12.4 Å². The summed E-state index contributed by atoms with van der Waals surface area (Å²) in [5.74, 6) is -0.864. The lowest BCUT2D eigenvalue weighted by atomic mass is 9.81. The van der Waals surface area contributed by atoms with Crippen LogP contribution in [0.4, 0.5) is 5.69 Å². The summed E-state index contributed by atoms with van der Waals surface area (Å²) in [7, 11) is 0. The number of nitrogens with zero attached hydrogens (tertiary/aromatic N) is 2. The minimum absolute atomic E-state index is 0.0885. The lowest BCUT2D eigenvalue weighted by Gasteiger charge is -2.19. The predicted molar refractivity (Wildman–Crippen MR) is 168 cm³/mol. The van der Waals surface area contributed by atoms with Gasteiger partial charge in [0.25, 0.3) is 0 Å². The SMILES string of the molecule is Cc1ccc(C(=O)COC(=O)c2cc(-c3ccc(N4C(=O)C5C6CCC(C6)C5C4=O)cc3)nc3c(C)c(Cl)ccc23)cc1C. The number of esters is 1. The molecule has 2 aliphatic carbocycles. The molecule has 2 saturated carbocycles. The molecular weight excluding hydrogens is 576 g/mol. The summed E-state index contributed by atoms with van der Waals surface area (Å²) in [4.78, 5) is 59.1. The molecule has 3 aromatic carbocycles. The van der Waals surface area contributed by atoms with Crippen LogP contribution in [0.2, 0.25) is 5.02 Å². The highest BCUT2D eigenvalue weighted by Crippen LogP contribution is 2.56.